The molecule has 0 unspecified atom stereocenters. The average Bonchev–Trinajstić information content (AvgIpc) is 2.87. The first-order valence-corrected chi connectivity index (χ1v) is 5.88. The maximum Gasteiger partial charge on any atom is 0.234 e. The van der Waals surface area contributed by atoms with Crippen molar-refractivity contribution in [1.82, 2.24) is 20.2 Å². The SMILES string of the molecule is OCc1cccc(Oc2nc(Cl)nc3[nH]ncc23)c1. The van der Waals surface area contributed by atoms with E-state index in [4.69, 9.17) is 21.4 Å². The molecule has 2 N–H and O–H groups in total. The first-order valence-electron chi connectivity index (χ1n) is 5.50. The van der Waals surface area contributed by atoms with Gasteiger partial charge in [-0.3, -0.25) is 5.10 Å². The van der Waals surface area contributed by atoms with Crippen LogP contribution in [0.15, 0.2) is 30.5 Å². The van der Waals surface area contributed by atoms with E-state index in [-0.39, 0.29) is 11.9 Å². The van der Waals surface area contributed by atoms with E-state index in [1.54, 1.807) is 30.5 Å². The molecular formula is C12H9ClN4O2. The Morgan fingerprint density at radius 3 is 3.05 bits per heavy atom. The van der Waals surface area contributed by atoms with Crippen LogP contribution < -0.4 is 4.74 Å². The van der Waals surface area contributed by atoms with Crippen molar-refractivity contribution in [3.8, 4) is 11.6 Å². The summed E-state index contributed by atoms with van der Waals surface area (Å²) in [5, 5.41) is 16.4. The van der Waals surface area contributed by atoms with Crippen molar-refractivity contribution in [3.05, 3.63) is 41.3 Å². The highest BCUT2D eigenvalue weighted by molar-refractivity contribution is 6.28. The first-order chi connectivity index (χ1) is 9.26. The quantitative estimate of drug-likeness (QED) is 0.717. The molecule has 0 atom stereocenters. The number of benzene rings is 1. The van der Waals surface area contributed by atoms with Gasteiger partial charge < -0.3 is 9.84 Å². The maximum atomic E-state index is 9.09. The molecule has 3 aromatic rings. The van der Waals surface area contributed by atoms with E-state index in [0.717, 1.165) is 5.56 Å². The predicted molar refractivity (Wildman–Crippen MR) is 69.1 cm³/mol. The number of aliphatic hydroxyl groups excluding tert-OH is 1. The molecule has 0 aliphatic carbocycles. The summed E-state index contributed by atoms with van der Waals surface area (Å²) in [6, 6.07) is 7.08. The standard InChI is InChI=1S/C12H9ClN4O2/c13-12-15-10-9(5-14-17-10)11(16-12)19-8-3-1-2-7(4-8)6-18/h1-5,18H,6H2,(H,14,15,16,17). The monoisotopic (exact) mass is 276 g/mol. The van der Waals surface area contributed by atoms with Gasteiger partial charge in [-0.25, -0.2) is 0 Å². The molecule has 0 fully saturated rings. The van der Waals surface area contributed by atoms with Crippen LogP contribution in [0.3, 0.4) is 0 Å². The number of halogens is 1. The van der Waals surface area contributed by atoms with Crippen molar-refractivity contribution in [2.75, 3.05) is 0 Å². The molecule has 0 amide bonds. The average molecular weight is 277 g/mol. The molecule has 1 aromatic carbocycles. The highest BCUT2D eigenvalue weighted by atomic mass is 35.5. The Hall–Kier alpha value is -2.18. The van der Waals surface area contributed by atoms with Crippen molar-refractivity contribution in [1.29, 1.82) is 0 Å². The summed E-state index contributed by atoms with van der Waals surface area (Å²) in [5.41, 5.74) is 1.26. The van der Waals surface area contributed by atoms with Crippen LogP contribution in [-0.2, 0) is 6.61 Å². The van der Waals surface area contributed by atoms with Crippen molar-refractivity contribution in [2.24, 2.45) is 0 Å². The Balaban J connectivity index is 2.02. The van der Waals surface area contributed by atoms with Gasteiger partial charge in [0, 0.05) is 0 Å². The number of rotatable bonds is 3. The zero-order valence-electron chi connectivity index (χ0n) is 9.67. The van der Waals surface area contributed by atoms with Crippen LogP contribution in [0.25, 0.3) is 11.0 Å². The molecule has 0 bridgehead atoms. The Labute approximate surface area is 113 Å². The van der Waals surface area contributed by atoms with Crippen molar-refractivity contribution in [3.63, 3.8) is 0 Å². The summed E-state index contributed by atoms with van der Waals surface area (Å²) in [6.45, 7) is -0.0527. The van der Waals surface area contributed by atoms with Crippen LogP contribution in [0.2, 0.25) is 5.28 Å². The lowest BCUT2D eigenvalue weighted by Gasteiger charge is -2.06. The lowest BCUT2D eigenvalue weighted by molar-refractivity contribution is 0.281. The van der Waals surface area contributed by atoms with Crippen LogP contribution in [0.1, 0.15) is 5.56 Å². The van der Waals surface area contributed by atoms with Crippen LogP contribution in [0.5, 0.6) is 11.6 Å². The van der Waals surface area contributed by atoms with Gasteiger partial charge in [-0.05, 0) is 29.3 Å². The zero-order chi connectivity index (χ0) is 13.2. The molecule has 6 nitrogen and oxygen atoms in total. The van der Waals surface area contributed by atoms with Gasteiger partial charge in [0.2, 0.25) is 11.2 Å². The third kappa shape index (κ3) is 2.35. The van der Waals surface area contributed by atoms with Gasteiger partial charge in [0.25, 0.3) is 0 Å². The molecule has 96 valence electrons. The fraction of sp³-hybridized carbons (Fsp3) is 0.0833. The molecule has 3 rings (SSSR count). The summed E-state index contributed by atoms with van der Waals surface area (Å²) in [4.78, 5) is 8.02. The lowest BCUT2D eigenvalue weighted by atomic mass is 10.2. The van der Waals surface area contributed by atoms with Gasteiger partial charge in [-0.2, -0.15) is 15.1 Å². The van der Waals surface area contributed by atoms with Gasteiger partial charge in [0.05, 0.1) is 12.8 Å². The summed E-state index contributed by atoms with van der Waals surface area (Å²) in [5.74, 6) is 0.877. The van der Waals surface area contributed by atoms with Gasteiger partial charge in [-0.15, -0.1) is 0 Å². The highest BCUT2D eigenvalue weighted by Gasteiger charge is 2.10. The van der Waals surface area contributed by atoms with Gasteiger partial charge in [-0.1, -0.05) is 12.1 Å². The largest absolute Gasteiger partial charge is 0.438 e. The van der Waals surface area contributed by atoms with Crippen molar-refractivity contribution in [2.45, 2.75) is 6.61 Å². The van der Waals surface area contributed by atoms with E-state index < -0.39 is 0 Å². The molecule has 19 heavy (non-hydrogen) atoms. The second kappa shape index (κ2) is 4.83. The number of nitrogens with zero attached hydrogens (tertiary/aromatic N) is 3. The summed E-state index contributed by atoms with van der Waals surface area (Å²) in [7, 11) is 0. The van der Waals surface area contributed by atoms with Gasteiger partial charge in [0.1, 0.15) is 11.1 Å². The Morgan fingerprint density at radius 1 is 1.32 bits per heavy atom. The lowest BCUT2D eigenvalue weighted by Crippen LogP contribution is -1.93. The summed E-state index contributed by atoms with van der Waals surface area (Å²) in [6.07, 6.45) is 1.57. The maximum absolute atomic E-state index is 9.09. The smallest absolute Gasteiger partial charge is 0.234 e. The minimum Gasteiger partial charge on any atom is -0.438 e. The molecule has 2 heterocycles. The fourth-order valence-electron chi connectivity index (χ4n) is 1.68. The number of nitrogens with one attached hydrogen (secondary N) is 1. The molecule has 7 heteroatoms. The number of hydrogen-bond acceptors (Lipinski definition) is 5. The van der Waals surface area contributed by atoms with E-state index in [2.05, 4.69) is 20.2 Å². The van der Waals surface area contributed by atoms with Gasteiger partial charge in [0.15, 0.2) is 5.65 Å². The fourth-order valence-corrected chi connectivity index (χ4v) is 1.84. The Morgan fingerprint density at radius 2 is 2.21 bits per heavy atom. The number of H-pyrrole nitrogens is 1. The van der Waals surface area contributed by atoms with E-state index in [0.29, 0.717) is 22.7 Å². The second-order valence-corrected chi connectivity index (χ2v) is 4.18. The zero-order valence-corrected chi connectivity index (χ0v) is 10.4. The third-order valence-corrected chi connectivity index (χ3v) is 2.71. The number of hydrogen-bond donors (Lipinski definition) is 2. The van der Waals surface area contributed by atoms with Crippen LogP contribution in [0.4, 0.5) is 0 Å². The molecule has 0 radical (unpaired) electrons. The molecule has 2 aromatic heterocycles. The molecule has 0 aliphatic rings. The normalized spacial score (nSPS) is 10.8. The summed E-state index contributed by atoms with van der Waals surface area (Å²) < 4.78 is 5.67. The predicted octanol–water partition coefficient (Wildman–Crippen LogP) is 2.29. The van der Waals surface area contributed by atoms with Crippen LogP contribution in [0, 0.1) is 0 Å². The van der Waals surface area contributed by atoms with E-state index >= 15 is 0 Å². The number of fused-ring (bicyclic) bond motifs is 1. The van der Waals surface area contributed by atoms with E-state index in [1.807, 2.05) is 0 Å². The van der Waals surface area contributed by atoms with Crippen LogP contribution >= 0.6 is 11.6 Å². The van der Waals surface area contributed by atoms with Crippen molar-refractivity contribution >= 4 is 22.6 Å². The summed E-state index contributed by atoms with van der Waals surface area (Å²) >= 11 is 5.82. The topological polar surface area (TPSA) is 83.9 Å². The number of ether oxygens (including phenoxy) is 1. The second-order valence-electron chi connectivity index (χ2n) is 3.84. The Kier molecular flexibility index (Phi) is 3.02. The van der Waals surface area contributed by atoms with Gasteiger partial charge >= 0.3 is 0 Å². The third-order valence-electron chi connectivity index (χ3n) is 2.54. The molecule has 0 spiro atoms. The first kappa shape index (κ1) is 11.9. The van der Waals surface area contributed by atoms with Crippen molar-refractivity contribution < 1.29 is 9.84 Å². The van der Waals surface area contributed by atoms with E-state index in [9.17, 15) is 0 Å². The number of aromatic nitrogens is 4. The minimum atomic E-state index is -0.0527. The molecule has 0 aliphatic heterocycles. The molecule has 0 saturated heterocycles. The molecule has 0 saturated carbocycles. The minimum absolute atomic E-state index is 0.0527. The highest BCUT2D eigenvalue weighted by Crippen LogP contribution is 2.27. The van der Waals surface area contributed by atoms with E-state index in [1.165, 1.54) is 0 Å². The van der Waals surface area contributed by atoms with Crippen LogP contribution in [-0.4, -0.2) is 25.3 Å². The Bertz CT molecular complexity index is 729. The number of aromatic amines is 1. The molecular weight excluding hydrogens is 268 g/mol. The number of aliphatic hydroxyl groups is 1.